The molecule has 0 aromatic heterocycles. The van der Waals surface area contributed by atoms with E-state index in [0.29, 0.717) is 23.0 Å². The second-order valence-electron chi connectivity index (χ2n) is 7.19. The fourth-order valence-electron chi connectivity index (χ4n) is 3.05. The lowest BCUT2D eigenvalue weighted by Crippen LogP contribution is -2.24. The van der Waals surface area contributed by atoms with Crippen LogP contribution >= 0.6 is 7.92 Å². The maximum Gasteiger partial charge on any atom is 0.200 e. The van der Waals surface area contributed by atoms with E-state index < -0.39 is 13.1 Å². The van der Waals surface area contributed by atoms with Gasteiger partial charge in [0.2, 0.25) is 0 Å². The van der Waals surface area contributed by atoms with E-state index in [4.69, 9.17) is 18.9 Å². The Bertz CT molecular complexity index is 789. The van der Waals surface area contributed by atoms with Crippen molar-refractivity contribution in [1.82, 2.24) is 0 Å². The third-order valence-corrected chi connectivity index (χ3v) is 6.96. The highest BCUT2D eigenvalue weighted by molar-refractivity contribution is 7.91. The van der Waals surface area contributed by atoms with E-state index >= 15 is 0 Å². The van der Waals surface area contributed by atoms with Gasteiger partial charge in [0.15, 0.2) is 11.0 Å². The van der Waals surface area contributed by atoms with E-state index in [-0.39, 0.29) is 22.2 Å². The summed E-state index contributed by atoms with van der Waals surface area (Å²) >= 11 is 0. The Morgan fingerprint density at radius 3 is 1.14 bits per heavy atom. The Labute approximate surface area is 172 Å². The Hall–Kier alpha value is -2.59. The molecule has 0 saturated heterocycles. The zero-order valence-corrected chi connectivity index (χ0v) is 18.8. The van der Waals surface area contributed by atoms with E-state index in [2.05, 4.69) is 0 Å². The fourth-order valence-corrected chi connectivity index (χ4v) is 5.34. The van der Waals surface area contributed by atoms with E-state index in [0.717, 1.165) is 0 Å². The molecule has 0 fully saturated rings. The van der Waals surface area contributed by atoms with Crippen molar-refractivity contribution in [2.24, 2.45) is 0 Å². The first-order valence-electron chi connectivity index (χ1n) is 9.02. The van der Waals surface area contributed by atoms with Crippen molar-refractivity contribution in [2.45, 2.75) is 25.9 Å². The van der Waals surface area contributed by atoms with E-state index in [9.17, 15) is 9.59 Å². The molecular formula is C22H27O6P. The van der Waals surface area contributed by atoms with Crippen LogP contribution in [0.25, 0.3) is 0 Å². The maximum absolute atomic E-state index is 13.7. The minimum Gasteiger partial charge on any atom is -0.496 e. The lowest BCUT2D eigenvalue weighted by molar-refractivity contribution is 0.104. The molecule has 0 bridgehead atoms. The normalized spacial score (nSPS) is 11.2. The van der Waals surface area contributed by atoms with Crippen molar-refractivity contribution in [1.29, 1.82) is 0 Å². The van der Waals surface area contributed by atoms with E-state index in [1.165, 1.54) is 28.4 Å². The first kappa shape index (κ1) is 22.7. The Kier molecular flexibility index (Phi) is 7.26. The molecule has 2 aromatic rings. The quantitative estimate of drug-likeness (QED) is 0.563. The van der Waals surface area contributed by atoms with Gasteiger partial charge < -0.3 is 18.9 Å². The molecule has 156 valence electrons. The Morgan fingerprint density at radius 2 is 0.931 bits per heavy atom. The van der Waals surface area contributed by atoms with Gasteiger partial charge in [0.25, 0.3) is 0 Å². The number of hydrogen-bond donors (Lipinski definition) is 0. The van der Waals surface area contributed by atoms with Gasteiger partial charge in [-0.2, -0.15) is 0 Å². The summed E-state index contributed by atoms with van der Waals surface area (Å²) in [7, 11) is 4.07. The molecule has 0 aliphatic carbocycles. The number of hydrogen-bond acceptors (Lipinski definition) is 6. The molecule has 0 heterocycles. The number of ether oxygens (including phenoxy) is 4. The summed E-state index contributed by atoms with van der Waals surface area (Å²) in [6, 6.07) is 10.2. The Balaban J connectivity index is 2.70. The maximum atomic E-state index is 13.7. The molecule has 7 heteroatoms. The predicted molar refractivity (Wildman–Crippen MR) is 114 cm³/mol. The van der Waals surface area contributed by atoms with Crippen molar-refractivity contribution >= 4 is 19.0 Å². The third kappa shape index (κ3) is 4.54. The summed E-state index contributed by atoms with van der Waals surface area (Å²) in [5.41, 5.74) is -0.110. The van der Waals surface area contributed by atoms with Crippen molar-refractivity contribution in [3.05, 3.63) is 47.5 Å². The van der Waals surface area contributed by atoms with Crippen molar-refractivity contribution in [2.75, 3.05) is 28.4 Å². The summed E-state index contributed by atoms with van der Waals surface area (Å²) in [6.45, 7) is 5.62. The summed E-state index contributed by atoms with van der Waals surface area (Å²) in [4.78, 5) is 27.5. The molecular weight excluding hydrogens is 391 g/mol. The standard InChI is InChI=1S/C22H27O6P/c1-22(2,3)29(20(23)18-14(25-4)10-8-11-15(18)26-5)21(24)19-16(27-6)12-9-13-17(19)28-7/h8-13H,1-7H3. The van der Waals surface area contributed by atoms with Crippen LogP contribution in [0, 0.1) is 0 Å². The first-order valence-corrected chi connectivity index (χ1v) is 10.4. The summed E-state index contributed by atoms with van der Waals surface area (Å²) in [6.07, 6.45) is 0. The van der Waals surface area contributed by atoms with Gasteiger partial charge in [0, 0.05) is 0 Å². The number of carbonyl (C=O) groups is 2. The monoisotopic (exact) mass is 418 g/mol. The zero-order valence-electron chi connectivity index (χ0n) is 17.9. The lowest BCUT2D eigenvalue weighted by atomic mass is 10.2. The lowest BCUT2D eigenvalue weighted by Gasteiger charge is -2.30. The van der Waals surface area contributed by atoms with Crippen LogP contribution in [0.15, 0.2) is 36.4 Å². The van der Waals surface area contributed by atoms with Crippen LogP contribution in [0.3, 0.4) is 0 Å². The van der Waals surface area contributed by atoms with Gasteiger partial charge in [-0.1, -0.05) is 32.9 Å². The minimum atomic E-state index is -1.86. The number of benzene rings is 2. The molecule has 29 heavy (non-hydrogen) atoms. The van der Waals surface area contributed by atoms with Crippen LogP contribution in [0.1, 0.15) is 41.5 Å². The van der Waals surface area contributed by atoms with Gasteiger partial charge in [-0.3, -0.25) is 9.59 Å². The molecule has 2 rings (SSSR count). The predicted octanol–water partition coefficient (Wildman–Crippen LogP) is 4.98. The zero-order chi connectivity index (χ0) is 21.8. The average molecular weight is 418 g/mol. The van der Waals surface area contributed by atoms with Crippen LogP contribution in [-0.4, -0.2) is 44.6 Å². The van der Waals surface area contributed by atoms with Crippen molar-refractivity contribution in [3.63, 3.8) is 0 Å². The smallest absolute Gasteiger partial charge is 0.200 e. The Morgan fingerprint density at radius 1 is 0.655 bits per heavy atom. The van der Waals surface area contributed by atoms with Crippen molar-refractivity contribution in [3.8, 4) is 23.0 Å². The van der Waals surface area contributed by atoms with Crippen LogP contribution in [0.5, 0.6) is 23.0 Å². The highest BCUT2D eigenvalue weighted by Gasteiger charge is 2.42. The molecule has 0 unspecified atom stereocenters. The van der Waals surface area contributed by atoms with Crippen LogP contribution < -0.4 is 18.9 Å². The largest absolute Gasteiger partial charge is 0.496 e. The summed E-state index contributed by atoms with van der Waals surface area (Å²) in [5.74, 6) is 1.47. The van der Waals surface area contributed by atoms with Gasteiger partial charge in [-0.05, 0) is 29.4 Å². The van der Waals surface area contributed by atoms with Gasteiger partial charge in [-0.15, -0.1) is 0 Å². The molecule has 0 aliphatic heterocycles. The minimum absolute atomic E-state index is 0.265. The molecule has 0 amide bonds. The summed E-state index contributed by atoms with van der Waals surface area (Å²) in [5, 5.41) is -0.624. The van der Waals surface area contributed by atoms with E-state index in [1.54, 1.807) is 36.4 Å². The molecule has 0 radical (unpaired) electrons. The number of methoxy groups -OCH3 is 4. The highest BCUT2D eigenvalue weighted by atomic mass is 31.1. The molecule has 0 saturated carbocycles. The molecule has 6 nitrogen and oxygen atoms in total. The molecule has 0 N–H and O–H groups in total. The van der Waals surface area contributed by atoms with Gasteiger partial charge in [-0.25, -0.2) is 0 Å². The highest BCUT2D eigenvalue weighted by Crippen LogP contribution is 2.57. The number of rotatable bonds is 8. The SMILES string of the molecule is COc1cccc(OC)c1C(=O)P(C(=O)c1c(OC)cccc1OC)C(C)(C)C. The van der Waals surface area contributed by atoms with E-state index in [1.807, 2.05) is 20.8 Å². The van der Waals surface area contributed by atoms with Crippen molar-refractivity contribution < 1.29 is 28.5 Å². The first-order chi connectivity index (χ1) is 13.7. The second kappa shape index (κ2) is 9.27. The average Bonchev–Trinajstić information content (AvgIpc) is 2.70. The topological polar surface area (TPSA) is 71.1 Å². The molecule has 0 aliphatic rings. The molecule has 0 spiro atoms. The van der Waals surface area contributed by atoms with Crippen LogP contribution in [0.2, 0.25) is 0 Å². The molecule has 2 aromatic carbocycles. The second-order valence-corrected chi connectivity index (χ2v) is 10.0. The third-order valence-electron chi connectivity index (χ3n) is 4.36. The fraction of sp³-hybridized carbons (Fsp3) is 0.364. The van der Waals surface area contributed by atoms with Gasteiger partial charge >= 0.3 is 0 Å². The van der Waals surface area contributed by atoms with Crippen LogP contribution in [0.4, 0.5) is 0 Å². The van der Waals surface area contributed by atoms with Gasteiger partial charge in [0.05, 0.1) is 36.4 Å². The number of carbonyl (C=O) groups excluding carboxylic acids is 2. The summed E-state index contributed by atoms with van der Waals surface area (Å²) < 4.78 is 21.6. The molecule has 0 atom stereocenters. The van der Waals surface area contributed by atoms with Crippen LogP contribution in [-0.2, 0) is 0 Å². The van der Waals surface area contributed by atoms with Gasteiger partial charge in [0.1, 0.15) is 34.1 Å².